The number of H-pyrrole nitrogens is 1. The van der Waals surface area contributed by atoms with Gasteiger partial charge in [0, 0.05) is 6.20 Å². The summed E-state index contributed by atoms with van der Waals surface area (Å²) in [7, 11) is 0. The van der Waals surface area contributed by atoms with Crippen molar-refractivity contribution in [2.75, 3.05) is 0 Å². The molecule has 1 fully saturated rings. The highest BCUT2D eigenvalue weighted by atomic mass is 127. The van der Waals surface area contributed by atoms with Gasteiger partial charge in [-0.05, 0) is 49.3 Å². The number of aromatic nitrogens is 2. The van der Waals surface area contributed by atoms with Crippen LogP contribution in [0.15, 0.2) is 15.8 Å². The Labute approximate surface area is 112 Å². The summed E-state index contributed by atoms with van der Waals surface area (Å²) >= 11 is 1.92. The van der Waals surface area contributed by atoms with Gasteiger partial charge in [0.25, 0.3) is 5.56 Å². The minimum Gasteiger partial charge on any atom is -0.370 e. The Hall–Kier alpha value is -0.630. The van der Waals surface area contributed by atoms with Gasteiger partial charge < -0.3 is 4.74 Å². The fourth-order valence-electron chi connectivity index (χ4n) is 2.04. The maximum atomic E-state index is 11.6. The first kappa shape index (κ1) is 12.8. The van der Waals surface area contributed by atoms with Crippen LogP contribution in [-0.4, -0.2) is 21.3 Å². The highest BCUT2D eigenvalue weighted by molar-refractivity contribution is 14.1. The molecule has 94 valence electrons. The second-order valence-corrected chi connectivity index (χ2v) is 6.09. The summed E-state index contributed by atoms with van der Waals surface area (Å²) in [5, 5.41) is 0. The molecular formula is C11H15IN2O3. The molecule has 0 aromatic carbocycles. The van der Waals surface area contributed by atoms with E-state index in [2.05, 4.69) is 4.98 Å². The monoisotopic (exact) mass is 350 g/mol. The Morgan fingerprint density at radius 3 is 2.88 bits per heavy atom. The van der Waals surface area contributed by atoms with Crippen LogP contribution in [0.4, 0.5) is 0 Å². The molecule has 0 saturated carbocycles. The van der Waals surface area contributed by atoms with Crippen molar-refractivity contribution in [3.63, 3.8) is 0 Å². The number of ether oxygens (including phenoxy) is 1. The number of nitrogens with zero attached hydrogens (tertiary/aromatic N) is 1. The van der Waals surface area contributed by atoms with E-state index in [4.69, 9.17) is 4.74 Å². The van der Waals surface area contributed by atoms with E-state index in [0.717, 1.165) is 12.8 Å². The Morgan fingerprint density at radius 1 is 1.59 bits per heavy atom. The van der Waals surface area contributed by atoms with Crippen molar-refractivity contribution >= 4 is 22.6 Å². The lowest BCUT2D eigenvalue weighted by Crippen LogP contribution is -2.34. The molecule has 0 radical (unpaired) electrons. The molecule has 1 unspecified atom stereocenters. The van der Waals surface area contributed by atoms with Crippen LogP contribution in [-0.2, 0) is 11.3 Å². The summed E-state index contributed by atoms with van der Waals surface area (Å²) in [6, 6.07) is 0. The lowest BCUT2D eigenvalue weighted by Gasteiger charge is -2.19. The van der Waals surface area contributed by atoms with Crippen molar-refractivity contribution in [1.29, 1.82) is 0 Å². The molecule has 0 bridgehead atoms. The summed E-state index contributed by atoms with van der Waals surface area (Å²) in [4.78, 5) is 25.1. The van der Waals surface area contributed by atoms with Crippen LogP contribution in [0, 0.1) is 3.57 Å². The van der Waals surface area contributed by atoms with E-state index in [1.165, 1.54) is 4.57 Å². The molecule has 6 heteroatoms. The third-order valence-corrected chi connectivity index (χ3v) is 3.69. The van der Waals surface area contributed by atoms with Crippen LogP contribution in [0.1, 0.15) is 26.7 Å². The van der Waals surface area contributed by atoms with Crippen molar-refractivity contribution in [2.45, 2.75) is 44.9 Å². The smallest absolute Gasteiger partial charge is 0.328 e. The number of hydrogen-bond acceptors (Lipinski definition) is 3. The quantitative estimate of drug-likeness (QED) is 0.813. The van der Waals surface area contributed by atoms with Gasteiger partial charge in [-0.25, -0.2) is 4.79 Å². The molecule has 1 saturated heterocycles. The highest BCUT2D eigenvalue weighted by Crippen LogP contribution is 2.29. The van der Waals surface area contributed by atoms with Crippen LogP contribution in [0.5, 0.6) is 0 Å². The van der Waals surface area contributed by atoms with E-state index < -0.39 is 0 Å². The van der Waals surface area contributed by atoms with Gasteiger partial charge in [-0.2, -0.15) is 0 Å². The molecule has 0 amide bonds. The molecule has 0 spiro atoms. The van der Waals surface area contributed by atoms with Gasteiger partial charge in [0.15, 0.2) is 0 Å². The summed E-state index contributed by atoms with van der Waals surface area (Å²) < 4.78 is 7.85. The van der Waals surface area contributed by atoms with Crippen molar-refractivity contribution in [1.82, 2.24) is 9.55 Å². The highest BCUT2D eigenvalue weighted by Gasteiger charge is 2.31. The molecule has 1 aromatic heterocycles. The van der Waals surface area contributed by atoms with Gasteiger partial charge >= 0.3 is 5.69 Å². The van der Waals surface area contributed by atoms with Crippen molar-refractivity contribution in [3.05, 3.63) is 30.6 Å². The second kappa shape index (κ2) is 4.56. The zero-order chi connectivity index (χ0) is 12.6. The first-order valence-electron chi connectivity index (χ1n) is 5.54. The average Bonchev–Trinajstić information content (AvgIpc) is 2.54. The molecule has 1 N–H and O–H groups in total. The minimum atomic E-state index is -0.372. The predicted octanol–water partition coefficient (Wildman–Crippen LogP) is 1.10. The summed E-state index contributed by atoms with van der Waals surface area (Å²) in [6.07, 6.45) is 3.56. The van der Waals surface area contributed by atoms with Gasteiger partial charge in [0.05, 0.1) is 21.8 Å². The molecule has 1 aromatic rings. The number of nitrogens with one attached hydrogen (secondary N) is 1. The lowest BCUT2D eigenvalue weighted by atomic mass is 10.1. The zero-order valence-corrected chi connectivity index (χ0v) is 12.0. The fourth-order valence-corrected chi connectivity index (χ4v) is 2.51. The molecule has 1 atom stereocenters. The topological polar surface area (TPSA) is 64.1 Å². The maximum absolute atomic E-state index is 11.6. The van der Waals surface area contributed by atoms with Gasteiger partial charge in [-0.3, -0.25) is 14.3 Å². The van der Waals surface area contributed by atoms with E-state index in [1.54, 1.807) is 6.20 Å². The first-order valence-corrected chi connectivity index (χ1v) is 6.62. The Balaban J connectivity index is 2.18. The average molecular weight is 350 g/mol. The van der Waals surface area contributed by atoms with E-state index in [0.29, 0.717) is 10.1 Å². The number of hydrogen-bond donors (Lipinski definition) is 1. The van der Waals surface area contributed by atoms with E-state index in [-0.39, 0.29) is 23.0 Å². The van der Waals surface area contributed by atoms with E-state index in [1.807, 2.05) is 36.4 Å². The largest absolute Gasteiger partial charge is 0.370 e. The normalized spacial score (nSPS) is 22.9. The number of halogens is 1. The fraction of sp³-hybridized carbons (Fsp3) is 0.636. The summed E-state index contributed by atoms with van der Waals surface area (Å²) in [5.41, 5.74) is -0.813. The Bertz CT molecular complexity index is 532. The molecular weight excluding hydrogens is 335 g/mol. The SMILES string of the molecule is CC1(C)CCC(Cn2cc(I)c(=O)[nH]c2=O)O1. The third-order valence-electron chi connectivity index (χ3n) is 2.92. The van der Waals surface area contributed by atoms with Crippen molar-refractivity contribution in [3.8, 4) is 0 Å². The predicted molar refractivity (Wildman–Crippen MR) is 72.2 cm³/mol. The van der Waals surface area contributed by atoms with Crippen LogP contribution in [0.2, 0.25) is 0 Å². The third kappa shape index (κ3) is 2.98. The van der Waals surface area contributed by atoms with Crippen LogP contribution < -0.4 is 11.2 Å². The minimum absolute atomic E-state index is 0.0457. The van der Waals surface area contributed by atoms with Crippen LogP contribution in [0.3, 0.4) is 0 Å². The van der Waals surface area contributed by atoms with Gasteiger partial charge in [-0.15, -0.1) is 0 Å². The molecule has 1 aliphatic heterocycles. The Kier molecular flexibility index (Phi) is 3.44. The first-order chi connectivity index (χ1) is 7.87. The standard InChI is InChI=1S/C11H15IN2O3/c1-11(2)4-3-7(17-11)5-14-6-8(12)9(15)13-10(14)16/h6-7H,3-5H2,1-2H3,(H,13,15,16). The Morgan fingerprint density at radius 2 is 2.29 bits per heavy atom. The summed E-state index contributed by atoms with van der Waals surface area (Å²) in [6.45, 7) is 4.59. The van der Waals surface area contributed by atoms with Crippen LogP contribution >= 0.6 is 22.6 Å². The van der Waals surface area contributed by atoms with Crippen molar-refractivity contribution < 1.29 is 4.74 Å². The molecule has 2 heterocycles. The molecule has 1 aliphatic rings. The van der Waals surface area contributed by atoms with Gasteiger partial charge in [0.1, 0.15) is 0 Å². The second-order valence-electron chi connectivity index (χ2n) is 4.93. The molecule has 5 nitrogen and oxygen atoms in total. The number of aromatic amines is 1. The lowest BCUT2D eigenvalue weighted by molar-refractivity contribution is -0.0222. The van der Waals surface area contributed by atoms with Crippen LogP contribution in [0.25, 0.3) is 0 Å². The van der Waals surface area contributed by atoms with Gasteiger partial charge in [0.2, 0.25) is 0 Å². The molecule has 2 rings (SSSR count). The van der Waals surface area contributed by atoms with Crippen molar-refractivity contribution in [2.24, 2.45) is 0 Å². The molecule has 17 heavy (non-hydrogen) atoms. The van der Waals surface area contributed by atoms with E-state index in [9.17, 15) is 9.59 Å². The van der Waals surface area contributed by atoms with E-state index >= 15 is 0 Å². The number of rotatable bonds is 2. The maximum Gasteiger partial charge on any atom is 0.328 e. The zero-order valence-electron chi connectivity index (χ0n) is 9.83. The van der Waals surface area contributed by atoms with Gasteiger partial charge in [-0.1, -0.05) is 0 Å². The molecule has 0 aliphatic carbocycles. The summed E-state index contributed by atoms with van der Waals surface area (Å²) in [5.74, 6) is 0.